The summed E-state index contributed by atoms with van der Waals surface area (Å²) < 4.78 is 0. The van der Waals surface area contributed by atoms with Crippen molar-refractivity contribution < 1.29 is 29.1 Å². The average Bonchev–Trinajstić information content (AvgIpc) is 3.17. The van der Waals surface area contributed by atoms with Crippen LogP contribution in [-0.4, -0.2) is 70.3 Å². The molecule has 1 saturated heterocycles. The lowest BCUT2D eigenvalue weighted by atomic mass is 10.00. The molecule has 1 rings (SSSR count). The smallest absolute Gasteiger partial charge is 0.326 e. The van der Waals surface area contributed by atoms with Crippen LogP contribution in [-0.2, 0) is 24.0 Å². The van der Waals surface area contributed by atoms with Gasteiger partial charge in [-0.3, -0.25) is 19.2 Å². The van der Waals surface area contributed by atoms with E-state index >= 15 is 0 Å². The molecule has 1 heterocycles. The molecule has 0 aromatic carbocycles. The van der Waals surface area contributed by atoms with Gasteiger partial charge in [-0.05, 0) is 37.5 Å². The van der Waals surface area contributed by atoms with Crippen molar-refractivity contribution in [3.63, 3.8) is 0 Å². The molecule has 4 amide bonds. The van der Waals surface area contributed by atoms with Crippen molar-refractivity contribution in [2.75, 3.05) is 6.54 Å². The fraction of sp³-hybridized carbons (Fsp3) is 0.762. The highest BCUT2D eigenvalue weighted by molar-refractivity contribution is 5.94. The minimum Gasteiger partial charge on any atom is -0.480 e. The van der Waals surface area contributed by atoms with Crippen LogP contribution in [0.4, 0.5) is 0 Å². The van der Waals surface area contributed by atoms with Gasteiger partial charge in [0.15, 0.2) is 0 Å². The van der Waals surface area contributed by atoms with Crippen molar-refractivity contribution in [1.29, 1.82) is 0 Å². The van der Waals surface area contributed by atoms with E-state index in [-0.39, 0.29) is 24.7 Å². The number of nitrogens with one attached hydrogen (secondary N) is 2. The number of hydrogen-bond donors (Lipinski definition) is 5. The highest BCUT2D eigenvalue weighted by atomic mass is 16.4. The van der Waals surface area contributed by atoms with E-state index in [1.54, 1.807) is 13.8 Å². The second-order valence-electron chi connectivity index (χ2n) is 9.06. The first-order chi connectivity index (χ1) is 14.8. The Balaban J connectivity index is 2.89. The van der Waals surface area contributed by atoms with E-state index in [2.05, 4.69) is 10.6 Å². The Morgan fingerprint density at radius 3 is 2.22 bits per heavy atom. The van der Waals surface area contributed by atoms with Gasteiger partial charge in [-0.1, -0.05) is 27.7 Å². The number of amides is 4. The molecule has 1 fully saturated rings. The van der Waals surface area contributed by atoms with Crippen LogP contribution in [0.2, 0.25) is 0 Å². The summed E-state index contributed by atoms with van der Waals surface area (Å²) in [6.45, 7) is 7.47. The normalized spacial score (nSPS) is 18.8. The maximum atomic E-state index is 13.0. The third-order valence-corrected chi connectivity index (χ3v) is 5.43. The maximum absolute atomic E-state index is 13.0. The monoisotopic (exact) mass is 455 g/mol. The van der Waals surface area contributed by atoms with Crippen LogP contribution in [0.25, 0.3) is 0 Å². The van der Waals surface area contributed by atoms with Crippen LogP contribution in [0.1, 0.15) is 59.8 Å². The van der Waals surface area contributed by atoms with E-state index in [1.165, 1.54) is 4.90 Å². The topological polar surface area (TPSA) is 185 Å². The fourth-order valence-corrected chi connectivity index (χ4v) is 3.68. The van der Waals surface area contributed by atoms with Gasteiger partial charge >= 0.3 is 5.97 Å². The Kier molecular flexibility index (Phi) is 10.6. The summed E-state index contributed by atoms with van der Waals surface area (Å²) in [7, 11) is 0. The number of nitrogens with two attached hydrogens (primary N) is 2. The summed E-state index contributed by atoms with van der Waals surface area (Å²) >= 11 is 0. The Hall–Kier alpha value is -2.69. The summed E-state index contributed by atoms with van der Waals surface area (Å²) in [5, 5.41) is 14.5. The first-order valence-corrected chi connectivity index (χ1v) is 11.0. The minimum atomic E-state index is -1.15. The van der Waals surface area contributed by atoms with Gasteiger partial charge in [-0.2, -0.15) is 0 Å². The number of nitrogens with zero attached hydrogens (tertiary/aromatic N) is 1. The predicted octanol–water partition coefficient (Wildman–Crippen LogP) is -0.673. The van der Waals surface area contributed by atoms with Crippen LogP contribution in [0.15, 0.2) is 0 Å². The second kappa shape index (κ2) is 12.4. The van der Waals surface area contributed by atoms with Crippen molar-refractivity contribution in [2.24, 2.45) is 23.3 Å². The third-order valence-electron chi connectivity index (χ3n) is 5.43. The molecular formula is C21H37N5O6. The quantitative estimate of drug-likeness (QED) is 0.258. The number of primary amides is 1. The number of carboxylic acid groups (broad SMARTS) is 1. The van der Waals surface area contributed by atoms with E-state index in [4.69, 9.17) is 11.5 Å². The first kappa shape index (κ1) is 27.3. The van der Waals surface area contributed by atoms with Crippen LogP contribution in [0, 0.1) is 11.8 Å². The molecule has 0 saturated carbocycles. The SMILES string of the molecule is CC(C)CC(NC(=O)C1CCCN1C(=O)C(N)CCC(N)=O)C(=O)NC(C(=O)O)C(C)C. The highest BCUT2D eigenvalue weighted by Crippen LogP contribution is 2.20. The molecule has 0 aliphatic carbocycles. The largest absolute Gasteiger partial charge is 0.480 e. The molecule has 0 aromatic heterocycles. The average molecular weight is 456 g/mol. The molecule has 11 heteroatoms. The Morgan fingerprint density at radius 2 is 1.72 bits per heavy atom. The number of rotatable bonds is 12. The zero-order valence-electron chi connectivity index (χ0n) is 19.3. The van der Waals surface area contributed by atoms with E-state index in [9.17, 15) is 29.1 Å². The standard InChI is InChI=1S/C21H37N5O6/c1-11(2)10-14(18(28)25-17(12(3)4)21(31)32)24-19(29)15-6-5-9-26(15)20(30)13(22)7-8-16(23)27/h11-15,17H,5-10,22H2,1-4H3,(H2,23,27)(H,24,29)(H,25,28)(H,31,32). The number of aliphatic carboxylic acids is 1. The summed E-state index contributed by atoms with van der Waals surface area (Å²) in [6.07, 6.45) is 1.38. The van der Waals surface area contributed by atoms with E-state index < -0.39 is 53.8 Å². The Labute approximate surface area is 188 Å². The van der Waals surface area contributed by atoms with E-state index in [1.807, 2.05) is 13.8 Å². The van der Waals surface area contributed by atoms with Crippen LogP contribution in [0.3, 0.4) is 0 Å². The van der Waals surface area contributed by atoms with Crippen LogP contribution < -0.4 is 22.1 Å². The van der Waals surface area contributed by atoms with Gasteiger partial charge in [0.1, 0.15) is 18.1 Å². The molecule has 4 atom stereocenters. The zero-order chi connectivity index (χ0) is 24.6. The van der Waals surface area contributed by atoms with Gasteiger partial charge in [0.2, 0.25) is 23.6 Å². The highest BCUT2D eigenvalue weighted by Gasteiger charge is 2.38. The van der Waals surface area contributed by atoms with Gasteiger partial charge in [-0.25, -0.2) is 4.79 Å². The van der Waals surface area contributed by atoms with Crippen molar-refractivity contribution in [3.8, 4) is 0 Å². The second-order valence-corrected chi connectivity index (χ2v) is 9.06. The molecule has 1 aliphatic heterocycles. The molecule has 0 spiro atoms. The molecule has 0 bridgehead atoms. The van der Waals surface area contributed by atoms with E-state index in [0.29, 0.717) is 25.8 Å². The number of hydrogen-bond acceptors (Lipinski definition) is 6. The van der Waals surface area contributed by atoms with Crippen LogP contribution in [0.5, 0.6) is 0 Å². The summed E-state index contributed by atoms with van der Waals surface area (Å²) in [5.41, 5.74) is 11.0. The van der Waals surface area contributed by atoms with E-state index in [0.717, 1.165) is 0 Å². The predicted molar refractivity (Wildman–Crippen MR) is 117 cm³/mol. The molecule has 11 nitrogen and oxygen atoms in total. The molecule has 4 unspecified atom stereocenters. The minimum absolute atomic E-state index is 0.0329. The lowest BCUT2D eigenvalue weighted by Crippen LogP contribution is -2.57. The molecule has 0 radical (unpaired) electrons. The summed E-state index contributed by atoms with van der Waals surface area (Å²) in [5.74, 6) is -3.52. The lowest BCUT2D eigenvalue weighted by molar-refractivity contribution is -0.144. The summed E-state index contributed by atoms with van der Waals surface area (Å²) in [6, 6.07) is -3.76. The van der Waals surface area contributed by atoms with Crippen LogP contribution >= 0.6 is 0 Å². The first-order valence-electron chi connectivity index (χ1n) is 11.0. The van der Waals surface area contributed by atoms with Gasteiger partial charge in [0, 0.05) is 13.0 Å². The number of carbonyl (C=O) groups is 5. The Morgan fingerprint density at radius 1 is 1.09 bits per heavy atom. The number of carbonyl (C=O) groups excluding carboxylic acids is 4. The number of carboxylic acids is 1. The van der Waals surface area contributed by atoms with Crippen molar-refractivity contribution in [2.45, 2.75) is 84.0 Å². The zero-order valence-corrected chi connectivity index (χ0v) is 19.3. The van der Waals surface area contributed by atoms with Crippen molar-refractivity contribution >= 4 is 29.6 Å². The molecule has 7 N–H and O–H groups in total. The van der Waals surface area contributed by atoms with Gasteiger partial charge < -0.3 is 32.1 Å². The summed E-state index contributed by atoms with van der Waals surface area (Å²) in [4.78, 5) is 62.2. The number of likely N-dealkylation sites (tertiary alicyclic amines) is 1. The fourth-order valence-electron chi connectivity index (χ4n) is 3.68. The van der Waals surface area contributed by atoms with Gasteiger partial charge in [0.05, 0.1) is 6.04 Å². The molecule has 182 valence electrons. The molecule has 32 heavy (non-hydrogen) atoms. The Bertz CT molecular complexity index is 711. The molecule has 1 aliphatic rings. The maximum Gasteiger partial charge on any atom is 0.326 e. The molecular weight excluding hydrogens is 418 g/mol. The lowest BCUT2D eigenvalue weighted by Gasteiger charge is -2.29. The van der Waals surface area contributed by atoms with Gasteiger partial charge in [-0.15, -0.1) is 0 Å². The van der Waals surface area contributed by atoms with Crippen molar-refractivity contribution in [3.05, 3.63) is 0 Å². The van der Waals surface area contributed by atoms with Crippen molar-refractivity contribution in [1.82, 2.24) is 15.5 Å². The van der Waals surface area contributed by atoms with Gasteiger partial charge in [0.25, 0.3) is 0 Å². The molecule has 0 aromatic rings. The third kappa shape index (κ3) is 8.10.